The van der Waals surface area contributed by atoms with Gasteiger partial charge in [0.2, 0.25) is 5.91 Å². The molecule has 5 heteroatoms. The van der Waals surface area contributed by atoms with Gasteiger partial charge >= 0.3 is 0 Å². The summed E-state index contributed by atoms with van der Waals surface area (Å²) in [4.78, 5) is 11.8. The molecule has 0 aliphatic heterocycles. The van der Waals surface area contributed by atoms with Gasteiger partial charge in [-0.3, -0.25) is 4.79 Å². The number of halogens is 2. The number of hydrogen-bond donors (Lipinski definition) is 2. The largest absolute Gasteiger partial charge is 0.387 e. The second kappa shape index (κ2) is 7.20. The third-order valence-corrected chi connectivity index (χ3v) is 3.24. The zero-order chi connectivity index (χ0) is 15.2. The van der Waals surface area contributed by atoms with Crippen LogP contribution in [0.25, 0.3) is 0 Å². The number of aliphatic hydroxyl groups is 1. The van der Waals surface area contributed by atoms with Crippen LogP contribution in [0.5, 0.6) is 0 Å². The first-order valence-corrected chi connectivity index (χ1v) is 6.87. The molecule has 2 aromatic rings. The standard InChI is InChI=1S/C16H15ClFNO2/c17-13-3-1-2-11(8-13)9-16(21)19-10-15(20)12-4-6-14(18)7-5-12/h1-8,15,20H,9-10H2,(H,19,21). The van der Waals surface area contributed by atoms with E-state index in [0.29, 0.717) is 10.6 Å². The normalized spacial score (nSPS) is 12.0. The topological polar surface area (TPSA) is 49.3 Å². The first-order chi connectivity index (χ1) is 10.0. The van der Waals surface area contributed by atoms with E-state index in [1.54, 1.807) is 18.2 Å². The fourth-order valence-corrected chi connectivity index (χ4v) is 2.12. The molecule has 2 N–H and O–H groups in total. The second-order valence-corrected chi connectivity index (χ2v) is 5.11. The lowest BCUT2D eigenvalue weighted by Crippen LogP contribution is -2.29. The third-order valence-electron chi connectivity index (χ3n) is 3.00. The number of amides is 1. The molecule has 0 saturated carbocycles. The summed E-state index contributed by atoms with van der Waals surface area (Å²) in [6.45, 7) is 0.0744. The third kappa shape index (κ3) is 4.85. The van der Waals surface area contributed by atoms with Crippen molar-refractivity contribution in [3.8, 4) is 0 Å². The first kappa shape index (κ1) is 15.5. The maximum atomic E-state index is 12.8. The quantitative estimate of drug-likeness (QED) is 0.892. The Morgan fingerprint density at radius 1 is 1.24 bits per heavy atom. The molecule has 110 valence electrons. The highest BCUT2D eigenvalue weighted by Gasteiger charge is 2.10. The summed E-state index contributed by atoms with van der Waals surface area (Å²) in [5.41, 5.74) is 1.36. The summed E-state index contributed by atoms with van der Waals surface area (Å²) in [6, 6.07) is 12.6. The number of rotatable bonds is 5. The van der Waals surface area contributed by atoms with Gasteiger partial charge in [-0.05, 0) is 35.4 Å². The lowest BCUT2D eigenvalue weighted by Gasteiger charge is -2.12. The Bertz CT molecular complexity index is 616. The minimum Gasteiger partial charge on any atom is -0.387 e. The molecular weight excluding hydrogens is 293 g/mol. The molecule has 0 heterocycles. The highest BCUT2D eigenvalue weighted by atomic mass is 35.5. The van der Waals surface area contributed by atoms with Crippen molar-refractivity contribution in [1.29, 1.82) is 0 Å². The SMILES string of the molecule is O=C(Cc1cccc(Cl)c1)NCC(O)c1ccc(F)cc1. The van der Waals surface area contributed by atoms with E-state index in [4.69, 9.17) is 11.6 Å². The molecule has 0 radical (unpaired) electrons. The number of carbonyl (C=O) groups is 1. The van der Waals surface area contributed by atoms with E-state index < -0.39 is 6.10 Å². The predicted octanol–water partition coefficient (Wildman–Crippen LogP) is 2.87. The van der Waals surface area contributed by atoms with Crippen molar-refractivity contribution in [2.24, 2.45) is 0 Å². The molecule has 21 heavy (non-hydrogen) atoms. The van der Waals surface area contributed by atoms with Crippen LogP contribution < -0.4 is 5.32 Å². The Morgan fingerprint density at radius 3 is 2.62 bits per heavy atom. The molecule has 0 spiro atoms. The molecule has 2 rings (SSSR count). The fraction of sp³-hybridized carbons (Fsp3) is 0.188. The van der Waals surface area contributed by atoms with Crippen LogP contribution in [-0.4, -0.2) is 17.6 Å². The van der Waals surface area contributed by atoms with Gasteiger partial charge in [0.05, 0.1) is 12.5 Å². The number of hydrogen-bond acceptors (Lipinski definition) is 2. The average Bonchev–Trinajstić information content (AvgIpc) is 2.45. The van der Waals surface area contributed by atoms with E-state index >= 15 is 0 Å². The molecule has 1 atom stereocenters. The summed E-state index contributed by atoms with van der Waals surface area (Å²) in [5.74, 6) is -0.575. The van der Waals surface area contributed by atoms with E-state index in [1.807, 2.05) is 6.07 Å². The summed E-state index contributed by atoms with van der Waals surface area (Å²) in [6.07, 6.45) is -0.676. The van der Waals surface area contributed by atoms with Crippen LogP contribution in [0.4, 0.5) is 4.39 Å². The molecule has 0 fully saturated rings. The van der Waals surface area contributed by atoms with E-state index in [-0.39, 0.29) is 24.7 Å². The van der Waals surface area contributed by atoms with Crippen LogP contribution in [0.15, 0.2) is 48.5 Å². The van der Waals surface area contributed by atoms with Crippen LogP contribution in [0.2, 0.25) is 5.02 Å². The minimum atomic E-state index is -0.867. The van der Waals surface area contributed by atoms with Crippen molar-refractivity contribution >= 4 is 17.5 Å². The summed E-state index contributed by atoms with van der Waals surface area (Å²) in [7, 11) is 0. The monoisotopic (exact) mass is 307 g/mol. The first-order valence-electron chi connectivity index (χ1n) is 6.49. The van der Waals surface area contributed by atoms with Crippen LogP contribution in [0, 0.1) is 5.82 Å². The lowest BCUT2D eigenvalue weighted by molar-refractivity contribution is -0.120. The van der Waals surface area contributed by atoms with E-state index in [2.05, 4.69) is 5.32 Å². The van der Waals surface area contributed by atoms with Crippen molar-refractivity contribution in [3.63, 3.8) is 0 Å². The lowest BCUT2D eigenvalue weighted by atomic mass is 10.1. The molecule has 0 aliphatic rings. The van der Waals surface area contributed by atoms with Crippen LogP contribution in [-0.2, 0) is 11.2 Å². The van der Waals surface area contributed by atoms with Crippen molar-refractivity contribution in [3.05, 3.63) is 70.5 Å². The van der Waals surface area contributed by atoms with E-state index in [9.17, 15) is 14.3 Å². The Morgan fingerprint density at radius 2 is 1.95 bits per heavy atom. The van der Waals surface area contributed by atoms with Gasteiger partial charge in [-0.2, -0.15) is 0 Å². The predicted molar refractivity (Wildman–Crippen MR) is 79.5 cm³/mol. The van der Waals surface area contributed by atoms with E-state index in [0.717, 1.165) is 5.56 Å². The second-order valence-electron chi connectivity index (χ2n) is 4.68. The van der Waals surface area contributed by atoms with Crippen molar-refractivity contribution in [1.82, 2.24) is 5.32 Å². The maximum absolute atomic E-state index is 12.8. The molecule has 1 unspecified atom stereocenters. The van der Waals surface area contributed by atoms with Gasteiger partial charge in [-0.1, -0.05) is 35.9 Å². The van der Waals surface area contributed by atoms with Crippen molar-refractivity contribution < 1.29 is 14.3 Å². The van der Waals surface area contributed by atoms with Gasteiger partial charge < -0.3 is 10.4 Å². The number of carbonyl (C=O) groups excluding carboxylic acids is 1. The number of benzene rings is 2. The Hall–Kier alpha value is -1.91. The highest BCUT2D eigenvalue weighted by Crippen LogP contribution is 2.13. The van der Waals surface area contributed by atoms with Gasteiger partial charge in [0.25, 0.3) is 0 Å². The summed E-state index contributed by atoms with van der Waals surface area (Å²) >= 11 is 5.85. The molecular formula is C16H15ClFNO2. The zero-order valence-corrected chi connectivity index (χ0v) is 12.0. The molecule has 0 aromatic heterocycles. The summed E-state index contributed by atoms with van der Waals surface area (Å²) in [5, 5.41) is 13.1. The van der Waals surface area contributed by atoms with Crippen LogP contribution >= 0.6 is 11.6 Å². The van der Waals surface area contributed by atoms with Gasteiger partial charge in [0.1, 0.15) is 5.82 Å². The minimum absolute atomic E-state index is 0.0744. The van der Waals surface area contributed by atoms with Crippen molar-refractivity contribution in [2.75, 3.05) is 6.54 Å². The fourth-order valence-electron chi connectivity index (χ4n) is 1.91. The molecule has 1 amide bonds. The highest BCUT2D eigenvalue weighted by molar-refractivity contribution is 6.30. The molecule has 0 saturated heterocycles. The number of aliphatic hydroxyl groups excluding tert-OH is 1. The molecule has 2 aromatic carbocycles. The Labute approximate surface area is 127 Å². The van der Waals surface area contributed by atoms with Gasteiger partial charge in [-0.15, -0.1) is 0 Å². The molecule has 0 bridgehead atoms. The van der Waals surface area contributed by atoms with Crippen molar-refractivity contribution in [2.45, 2.75) is 12.5 Å². The molecule has 3 nitrogen and oxygen atoms in total. The van der Waals surface area contributed by atoms with E-state index in [1.165, 1.54) is 24.3 Å². The van der Waals surface area contributed by atoms with Crippen LogP contribution in [0.3, 0.4) is 0 Å². The number of nitrogens with one attached hydrogen (secondary N) is 1. The molecule has 0 aliphatic carbocycles. The Kier molecular flexibility index (Phi) is 5.31. The zero-order valence-electron chi connectivity index (χ0n) is 11.2. The smallest absolute Gasteiger partial charge is 0.224 e. The van der Waals surface area contributed by atoms with Gasteiger partial charge in [-0.25, -0.2) is 4.39 Å². The van der Waals surface area contributed by atoms with Gasteiger partial charge in [0.15, 0.2) is 0 Å². The van der Waals surface area contributed by atoms with Crippen LogP contribution in [0.1, 0.15) is 17.2 Å². The van der Waals surface area contributed by atoms with Gasteiger partial charge in [0, 0.05) is 11.6 Å². The summed E-state index contributed by atoms with van der Waals surface area (Å²) < 4.78 is 12.8. The average molecular weight is 308 g/mol. The maximum Gasteiger partial charge on any atom is 0.224 e. The Balaban J connectivity index is 1.84.